The Morgan fingerprint density at radius 1 is 1.15 bits per heavy atom. The average molecular weight is 350 g/mol. The molecule has 132 valence electrons. The van der Waals surface area contributed by atoms with Gasteiger partial charge in [-0.1, -0.05) is 0 Å². The summed E-state index contributed by atoms with van der Waals surface area (Å²) < 4.78 is 5.05. The molecule has 2 amide bonds. The van der Waals surface area contributed by atoms with Crippen LogP contribution < -0.4 is 20.7 Å². The third-order valence-electron chi connectivity index (χ3n) is 3.48. The Bertz CT molecular complexity index is 865. The molecule has 0 saturated heterocycles. The van der Waals surface area contributed by atoms with Crippen molar-refractivity contribution >= 4 is 28.9 Å². The van der Waals surface area contributed by atoms with Crippen molar-refractivity contribution in [2.24, 2.45) is 0 Å². The first-order valence-corrected chi connectivity index (χ1v) is 7.67. The summed E-state index contributed by atoms with van der Waals surface area (Å²) in [6, 6.07) is 15.0. The van der Waals surface area contributed by atoms with Crippen LogP contribution >= 0.6 is 0 Å². The van der Waals surface area contributed by atoms with Crippen molar-refractivity contribution in [2.45, 2.75) is 6.92 Å². The number of carbonyl (C=O) groups excluding carboxylic acids is 2. The summed E-state index contributed by atoms with van der Waals surface area (Å²) in [5.74, 6) is -0.329. The van der Waals surface area contributed by atoms with Crippen LogP contribution in [0.1, 0.15) is 6.92 Å². The van der Waals surface area contributed by atoms with Gasteiger partial charge in [0.1, 0.15) is 17.4 Å². The van der Waals surface area contributed by atoms with E-state index in [4.69, 9.17) is 10.5 Å². The van der Waals surface area contributed by atoms with Gasteiger partial charge >= 0.3 is 0 Å². The summed E-state index contributed by atoms with van der Waals surface area (Å²) in [6.07, 6.45) is 1.20. The molecule has 0 spiro atoms. The van der Waals surface area contributed by atoms with E-state index in [9.17, 15) is 14.9 Å². The van der Waals surface area contributed by atoms with Crippen molar-refractivity contribution in [2.75, 3.05) is 23.1 Å². The van der Waals surface area contributed by atoms with Gasteiger partial charge in [0.15, 0.2) is 0 Å². The van der Waals surface area contributed by atoms with E-state index in [-0.39, 0.29) is 11.5 Å². The zero-order valence-electron chi connectivity index (χ0n) is 14.4. The van der Waals surface area contributed by atoms with Crippen molar-refractivity contribution in [3.8, 4) is 11.8 Å². The predicted molar refractivity (Wildman–Crippen MR) is 99.3 cm³/mol. The number of carbonyl (C=O) groups is 2. The third-order valence-corrected chi connectivity index (χ3v) is 3.48. The van der Waals surface area contributed by atoms with Gasteiger partial charge in [0.25, 0.3) is 5.91 Å². The molecule has 0 aliphatic heterocycles. The maximum atomic E-state index is 12.4. The lowest BCUT2D eigenvalue weighted by molar-refractivity contribution is -0.116. The van der Waals surface area contributed by atoms with Gasteiger partial charge in [-0.3, -0.25) is 14.5 Å². The fourth-order valence-electron chi connectivity index (χ4n) is 2.12. The molecule has 7 heteroatoms. The summed E-state index contributed by atoms with van der Waals surface area (Å²) >= 11 is 0. The molecule has 2 aromatic carbocycles. The van der Waals surface area contributed by atoms with Gasteiger partial charge in [0.05, 0.1) is 7.11 Å². The molecule has 0 unspecified atom stereocenters. The number of anilines is 3. The van der Waals surface area contributed by atoms with Crippen molar-refractivity contribution < 1.29 is 14.3 Å². The number of hydrogen-bond donors (Lipinski definition) is 2. The first-order valence-electron chi connectivity index (χ1n) is 7.67. The molecule has 0 atom stereocenters. The van der Waals surface area contributed by atoms with Crippen LogP contribution in [0.5, 0.6) is 5.75 Å². The number of amides is 2. The van der Waals surface area contributed by atoms with E-state index in [0.29, 0.717) is 22.8 Å². The van der Waals surface area contributed by atoms with Gasteiger partial charge < -0.3 is 15.8 Å². The van der Waals surface area contributed by atoms with E-state index in [1.165, 1.54) is 25.1 Å². The number of nitrogen functional groups attached to an aromatic ring is 1. The molecule has 0 heterocycles. The molecule has 0 aromatic heterocycles. The second kappa shape index (κ2) is 8.35. The topological polar surface area (TPSA) is 108 Å². The van der Waals surface area contributed by atoms with E-state index >= 15 is 0 Å². The Hall–Kier alpha value is -3.79. The second-order valence-corrected chi connectivity index (χ2v) is 5.32. The van der Waals surface area contributed by atoms with Gasteiger partial charge in [-0.25, -0.2) is 0 Å². The van der Waals surface area contributed by atoms with Crippen LogP contribution in [-0.4, -0.2) is 18.9 Å². The van der Waals surface area contributed by atoms with Crippen molar-refractivity contribution in [1.82, 2.24) is 0 Å². The number of nitrogens with two attached hydrogens (primary N) is 1. The van der Waals surface area contributed by atoms with Gasteiger partial charge in [0.2, 0.25) is 5.91 Å². The highest BCUT2D eigenvalue weighted by Crippen LogP contribution is 2.19. The average Bonchev–Trinajstić information content (AvgIpc) is 2.64. The van der Waals surface area contributed by atoms with Crippen molar-refractivity contribution in [1.29, 1.82) is 5.26 Å². The van der Waals surface area contributed by atoms with Crippen LogP contribution in [0.2, 0.25) is 0 Å². The number of nitrogens with zero attached hydrogens (tertiary/aromatic N) is 2. The number of nitrogens with one attached hydrogen (secondary N) is 1. The van der Waals surface area contributed by atoms with Crippen LogP contribution in [0.3, 0.4) is 0 Å². The van der Waals surface area contributed by atoms with Gasteiger partial charge in [-0.2, -0.15) is 5.26 Å². The second-order valence-electron chi connectivity index (χ2n) is 5.32. The Labute approximate surface area is 151 Å². The van der Waals surface area contributed by atoms with E-state index in [1.54, 1.807) is 48.5 Å². The monoisotopic (exact) mass is 350 g/mol. The Balaban J connectivity index is 2.25. The minimum Gasteiger partial charge on any atom is -0.497 e. The molecule has 0 radical (unpaired) electrons. The summed E-state index contributed by atoms with van der Waals surface area (Å²) in [5, 5.41) is 11.9. The lowest BCUT2D eigenvalue weighted by atomic mass is 10.2. The molecular formula is C19H18N4O3. The molecule has 0 saturated carbocycles. The smallest absolute Gasteiger partial charge is 0.267 e. The molecule has 2 aromatic rings. The number of hydrogen-bond acceptors (Lipinski definition) is 5. The lowest BCUT2D eigenvalue weighted by Gasteiger charge is -2.17. The molecule has 0 aliphatic rings. The minimum absolute atomic E-state index is 0.215. The zero-order valence-corrected chi connectivity index (χ0v) is 14.4. The third kappa shape index (κ3) is 4.61. The number of nitriles is 1. The largest absolute Gasteiger partial charge is 0.497 e. The highest BCUT2D eigenvalue weighted by atomic mass is 16.5. The van der Waals surface area contributed by atoms with E-state index in [1.807, 2.05) is 6.07 Å². The summed E-state index contributed by atoms with van der Waals surface area (Å²) in [7, 11) is 1.54. The minimum atomic E-state index is -0.626. The van der Waals surface area contributed by atoms with Gasteiger partial charge in [0, 0.05) is 30.2 Å². The molecule has 0 fully saturated rings. The highest BCUT2D eigenvalue weighted by molar-refractivity contribution is 6.08. The summed E-state index contributed by atoms with van der Waals surface area (Å²) in [6.45, 7) is 1.34. The molecular weight excluding hydrogens is 332 g/mol. The molecule has 3 N–H and O–H groups in total. The van der Waals surface area contributed by atoms with Crippen LogP contribution in [0, 0.1) is 11.3 Å². The Morgan fingerprint density at radius 3 is 2.27 bits per heavy atom. The summed E-state index contributed by atoms with van der Waals surface area (Å²) in [4.78, 5) is 25.5. The quantitative estimate of drug-likeness (QED) is 0.489. The Morgan fingerprint density at radius 2 is 1.77 bits per heavy atom. The Kier molecular flexibility index (Phi) is 5.96. The molecule has 0 aliphatic carbocycles. The highest BCUT2D eigenvalue weighted by Gasteiger charge is 2.15. The maximum absolute atomic E-state index is 12.4. The zero-order chi connectivity index (χ0) is 19.1. The number of methoxy groups -OCH3 is 1. The first kappa shape index (κ1) is 18.5. The van der Waals surface area contributed by atoms with E-state index in [0.717, 1.165) is 0 Å². The van der Waals surface area contributed by atoms with Crippen LogP contribution in [0.4, 0.5) is 17.1 Å². The van der Waals surface area contributed by atoms with Crippen LogP contribution in [0.15, 0.2) is 60.3 Å². The lowest BCUT2D eigenvalue weighted by Crippen LogP contribution is -2.25. The molecule has 2 rings (SSSR count). The van der Waals surface area contributed by atoms with Crippen LogP contribution in [-0.2, 0) is 9.59 Å². The van der Waals surface area contributed by atoms with E-state index < -0.39 is 5.91 Å². The SMILES string of the molecule is COc1ccc(NC(=O)/C(C#N)=C\N(C(C)=O)c2ccc(N)cc2)cc1. The maximum Gasteiger partial charge on any atom is 0.267 e. The van der Waals surface area contributed by atoms with Gasteiger partial charge in [-0.05, 0) is 48.5 Å². The van der Waals surface area contributed by atoms with E-state index in [2.05, 4.69) is 5.32 Å². The molecule has 7 nitrogen and oxygen atoms in total. The van der Waals surface area contributed by atoms with Crippen molar-refractivity contribution in [3.63, 3.8) is 0 Å². The number of ether oxygens (including phenoxy) is 1. The standard InChI is InChI=1S/C19H18N4O3/c1-13(24)23(17-7-3-15(21)4-8-17)12-14(11-20)19(25)22-16-5-9-18(26-2)10-6-16/h3-10,12H,21H2,1-2H3,(H,22,25)/b14-12-. The van der Waals surface area contributed by atoms with Crippen LogP contribution in [0.25, 0.3) is 0 Å². The fraction of sp³-hybridized carbons (Fsp3) is 0.105. The van der Waals surface area contributed by atoms with Crippen molar-refractivity contribution in [3.05, 3.63) is 60.3 Å². The predicted octanol–water partition coefficient (Wildman–Crippen LogP) is 2.68. The normalized spacial score (nSPS) is 10.6. The fourth-order valence-corrected chi connectivity index (χ4v) is 2.12. The molecule has 26 heavy (non-hydrogen) atoms. The first-order chi connectivity index (χ1) is 12.4. The molecule has 0 bridgehead atoms. The van der Waals surface area contributed by atoms with Gasteiger partial charge in [-0.15, -0.1) is 0 Å². The summed E-state index contributed by atoms with van der Waals surface area (Å²) in [5.41, 5.74) is 6.96. The number of rotatable bonds is 5. The number of benzene rings is 2.